The summed E-state index contributed by atoms with van der Waals surface area (Å²) in [6, 6.07) is 9.57. The van der Waals surface area contributed by atoms with Gasteiger partial charge in [0.05, 0.1) is 13.2 Å². The summed E-state index contributed by atoms with van der Waals surface area (Å²) in [6.45, 7) is 3.84. The van der Waals surface area contributed by atoms with Crippen molar-refractivity contribution in [3.8, 4) is 0 Å². The summed E-state index contributed by atoms with van der Waals surface area (Å²) >= 11 is 0. The Balaban J connectivity index is 2.71. The molecule has 0 unspecified atom stereocenters. The standard InChI is InChI=1S/C18H21NO3/c1-3-4-6-13-18(21)19(22-14-9-10-16(2)20)15-17-11-7-5-8-12-17/h3-13H,14-15H2,1-2H3/b4-3+,10-9+,13-6+. The van der Waals surface area contributed by atoms with Crippen molar-refractivity contribution >= 4 is 11.7 Å². The monoisotopic (exact) mass is 299 g/mol. The number of hydrogen-bond donors (Lipinski definition) is 0. The van der Waals surface area contributed by atoms with Crippen molar-refractivity contribution in [2.24, 2.45) is 0 Å². The third kappa shape index (κ3) is 7.36. The first kappa shape index (κ1) is 17.6. The predicted molar refractivity (Wildman–Crippen MR) is 86.7 cm³/mol. The van der Waals surface area contributed by atoms with Crippen LogP contribution in [0.15, 0.2) is 66.8 Å². The molecule has 1 rings (SSSR count). The molecular weight excluding hydrogens is 278 g/mol. The molecule has 0 spiro atoms. The van der Waals surface area contributed by atoms with Crippen LogP contribution in [-0.2, 0) is 21.0 Å². The van der Waals surface area contributed by atoms with E-state index in [2.05, 4.69) is 0 Å². The third-order valence-corrected chi connectivity index (χ3v) is 2.64. The van der Waals surface area contributed by atoms with E-state index >= 15 is 0 Å². The Bertz CT molecular complexity index is 559. The molecule has 22 heavy (non-hydrogen) atoms. The number of hydrogen-bond acceptors (Lipinski definition) is 3. The van der Waals surface area contributed by atoms with Gasteiger partial charge in [-0.25, -0.2) is 5.06 Å². The molecular formula is C18H21NO3. The lowest BCUT2D eigenvalue weighted by molar-refractivity contribution is -0.180. The number of hydroxylamine groups is 2. The first-order valence-electron chi connectivity index (χ1n) is 7.08. The normalized spacial score (nSPS) is 11.5. The zero-order valence-corrected chi connectivity index (χ0v) is 12.9. The summed E-state index contributed by atoms with van der Waals surface area (Å²) in [5.74, 6) is -0.310. The molecule has 0 saturated carbocycles. The quantitative estimate of drug-likeness (QED) is 0.420. The van der Waals surface area contributed by atoms with E-state index in [-0.39, 0.29) is 18.3 Å². The summed E-state index contributed by atoms with van der Waals surface area (Å²) in [5, 5.41) is 1.28. The van der Waals surface area contributed by atoms with Crippen LogP contribution >= 0.6 is 0 Å². The summed E-state index contributed by atoms with van der Waals surface area (Å²) in [5.41, 5.74) is 0.964. The molecule has 1 aromatic carbocycles. The zero-order chi connectivity index (χ0) is 16.2. The smallest absolute Gasteiger partial charge is 0.270 e. The van der Waals surface area contributed by atoms with Gasteiger partial charge >= 0.3 is 0 Å². The van der Waals surface area contributed by atoms with Crippen LogP contribution in [0.4, 0.5) is 0 Å². The molecule has 0 bridgehead atoms. The average Bonchev–Trinajstić information content (AvgIpc) is 2.51. The van der Waals surface area contributed by atoms with E-state index in [9.17, 15) is 9.59 Å². The van der Waals surface area contributed by atoms with Crippen LogP contribution in [0.3, 0.4) is 0 Å². The number of rotatable bonds is 8. The van der Waals surface area contributed by atoms with E-state index < -0.39 is 0 Å². The van der Waals surface area contributed by atoms with Crippen molar-refractivity contribution in [1.82, 2.24) is 5.06 Å². The highest BCUT2D eigenvalue weighted by Gasteiger charge is 2.11. The van der Waals surface area contributed by atoms with E-state index in [0.29, 0.717) is 6.54 Å². The first-order valence-corrected chi connectivity index (χ1v) is 7.08. The van der Waals surface area contributed by atoms with Crippen molar-refractivity contribution in [2.45, 2.75) is 20.4 Å². The van der Waals surface area contributed by atoms with Gasteiger partial charge in [-0.15, -0.1) is 0 Å². The topological polar surface area (TPSA) is 46.6 Å². The third-order valence-electron chi connectivity index (χ3n) is 2.64. The molecule has 0 atom stereocenters. The Morgan fingerprint density at radius 1 is 1.14 bits per heavy atom. The fraction of sp³-hybridized carbons (Fsp3) is 0.222. The highest BCUT2D eigenvalue weighted by molar-refractivity contribution is 5.87. The molecule has 0 aromatic heterocycles. The number of carbonyl (C=O) groups is 2. The molecule has 4 heteroatoms. The van der Waals surface area contributed by atoms with Crippen LogP contribution in [-0.4, -0.2) is 23.4 Å². The predicted octanol–water partition coefficient (Wildman–Crippen LogP) is 3.22. The van der Waals surface area contributed by atoms with Crippen LogP contribution < -0.4 is 0 Å². The van der Waals surface area contributed by atoms with Crippen LogP contribution in [0.25, 0.3) is 0 Å². The van der Waals surface area contributed by atoms with Crippen molar-refractivity contribution in [3.63, 3.8) is 0 Å². The number of carbonyl (C=O) groups excluding carboxylic acids is 2. The molecule has 0 heterocycles. The number of nitrogens with zero attached hydrogens (tertiary/aromatic N) is 1. The zero-order valence-electron chi connectivity index (χ0n) is 12.9. The summed E-state index contributed by atoms with van der Waals surface area (Å²) in [4.78, 5) is 28.4. The second-order valence-electron chi connectivity index (χ2n) is 4.55. The summed E-state index contributed by atoms with van der Waals surface area (Å²) in [7, 11) is 0. The summed E-state index contributed by atoms with van der Waals surface area (Å²) in [6.07, 6.45) is 9.72. The van der Waals surface area contributed by atoms with E-state index in [0.717, 1.165) is 5.56 Å². The van der Waals surface area contributed by atoms with Gasteiger partial charge in [-0.1, -0.05) is 54.6 Å². The van der Waals surface area contributed by atoms with Crippen molar-refractivity contribution in [2.75, 3.05) is 6.61 Å². The van der Waals surface area contributed by atoms with E-state index in [1.165, 1.54) is 24.1 Å². The van der Waals surface area contributed by atoms with Crippen LogP contribution in [0, 0.1) is 0 Å². The molecule has 0 fully saturated rings. The van der Waals surface area contributed by atoms with Gasteiger partial charge in [0.2, 0.25) is 0 Å². The van der Waals surface area contributed by atoms with Crippen LogP contribution in [0.2, 0.25) is 0 Å². The molecule has 0 aliphatic carbocycles. The molecule has 116 valence electrons. The number of ketones is 1. The maximum Gasteiger partial charge on any atom is 0.270 e. The lowest BCUT2D eigenvalue weighted by Gasteiger charge is -2.19. The maximum absolute atomic E-state index is 12.1. The molecule has 1 amide bonds. The van der Waals surface area contributed by atoms with Crippen molar-refractivity contribution < 1.29 is 14.4 Å². The van der Waals surface area contributed by atoms with Gasteiger partial charge in [-0.05, 0) is 25.5 Å². The summed E-state index contributed by atoms with van der Waals surface area (Å²) < 4.78 is 0. The van der Waals surface area contributed by atoms with Gasteiger partial charge in [0.1, 0.15) is 0 Å². The number of amides is 1. The Hall–Kier alpha value is -2.46. The number of benzene rings is 1. The molecule has 0 aliphatic rings. The average molecular weight is 299 g/mol. The van der Waals surface area contributed by atoms with Gasteiger partial charge in [0.25, 0.3) is 5.91 Å². The Morgan fingerprint density at radius 3 is 2.50 bits per heavy atom. The first-order chi connectivity index (χ1) is 10.6. The van der Waals surface area contributed by atoms with Gasteiger partial charge in [-0.2, -0.15) is 0 Å². The lowest BCUT2D eigenvalue weighted by Crippen LogP contribution is -2.29. The molecule has 0 saturated heterocycles. The number of allylic oxidation sites excluding steroid dienone is 4. The Morgan fingerprint density at radius 2 is 1.86 bits per heavy atom. The van der Waals surface area contributed by atoms with Crippen molar-refractivity contribution in [3.05, 3.63) is 72.4 Å². The van der Waals surface area contributed by atoms with Crippen LogP contribution in [0.5, 0.6) is 0 Å². The van der Waals surface area contributed by atoms with Gasteiger partial charge in [0, 0.05) is 6.08 Å². The maximum atomic E-state index is 12.1. The molecule has 4 nitrogen and oxygen atoms in total. The molecule has 1 aromatic rings. The van der Waals surface area contributed by atoms with Crippen molar-refractivity contribution in [1.29, 1.82) is 0 Å². The lowest BCUT2D eigenvalue weighted by atomic mass is 10.2. The molecule has 0 aliphatic heterocycles. The van der Waals surface area contributed by atoms with E-state index in [1.54, 1.807) is 18.2 Å². The minimum atomic E-state index is -0.252. The van der Waals surface area contributed by atoms with E-state index in [1.807, 2.05) is 43.3 Å². The SMILES string of the molecule is C/C=C/C=C/C(=O)N(Cc1ccccc1)OC/C=C/C(C)=O. The Labute approximate surface area is 131 Å². The minimum Gasteiger partial charge on any atom is -0.295 e. The van der Waals surface area contributed by atoms with E-state index in [4.69, 9.17) is 4.84 Å². The fourth-order valence-electron chi connectivity index (χ4n) is 1.62. The molecule has 0 N–H and O–H groups in total. The fourth-order valence-corrected chi connectivity index (χ4v) is 1.62. The second-order valence-corrected chi connectivity index (χ2v) is 4.55. The van der Waals surface area contributed by atoms with Crippen LogP contribution in [0.1, 0.15) is 19.4 Å². The van der Waals surface area contributed by atoms with Gasteiger partial charge < -0.3 is 0 Å². The Kier molecular flexibility index (Phi) is 8.23. The van der Waals surface area contributed by atoms with Gasteiger partial charge in [0.15, 0.2) is 5.78 Å². The second kappa shape index (κ2) is 10.3. The largest absolute Gasteiger partial charge is 0.295 e. The minimum absolute atomic E-state index is 0.0579. The highest BCUT2D eigenvalue weighted by atomic mass is 16.7. The highest BCUT2D eigenvalue weighted by Crippen LogP contribution is 2.06. The van der Waals surface area contributed by atoms with Gasteiger partial charge in [-0.3, -0.25) is 14.4 Å². The molecule has 0 radical (unpaired) electrons.